The molecule has 0 aromatic rings. The quantitative estimate of drug-likeness (QED) is 0.715. The Balaban J connectivity index is 1.77. The Kier molecular flexibility index (Phi) is 2.85. The number of halogens is 1. The van der Waals surface area contributed by atoms with Crippen molar-refractivity contribution in [2.24, 2.45) is 5.92 Å². The predicted octanol–water partition coefficient (Wildman–Crippen LogP) is 1.10. The molecular formula is C9H15FN2OS. The van der Waals surface area contributed by atoms with E-state index in [-0.39, 0.29) is 25.2 Å². The molecule has 2 rings (SSSR count). The number of thioether (sulfide) groups is 1. The highest BCUT2D eigenvalue weighted by molar-refractivity contribution is 7.99. The van der Waals surface area contributed by atoms with Gasteiger partial charge in [0.05, 0.1) is 13.1 Å². The number of likely N-dealkylation sites (tertiary alicyclic amines) is 1. The lowest BCUT2D eigenvalue weighted by molar-refractivity contribution is 0.0878. The topological polar surface area (TPSA) is 32.3 Å². The SMILES string of the molecule is CC1CSCC1NC(=O)N1CC(F)C1. The van der Waals surface area contributed by atoms with E-state index in [1.54, 1.807) is 0 Å². The predicted molar refractivity (Wildman–Crippen MR) is 55.3 cm³/mol. The minimum absolute atomic E-state index is 0.0988. The first-order valence-corrected chi connectivity index (χ1v) is 6.09. The molecule has 2 unspecified atom stereocenters. The Morgan fingerprint density at radius 3 is 2.71 bits per heavy atom. The van der Waals surface area contributed by atoms with Crippen LogP contribution in [-0.4, -0.2) is 47.7 Å². The molecule has 2 fully saturated rings. The van der Waals surface area contributed by atoms with Crippen LogP contribution in [0.2, 0.25) is 0 Å². The van der Waals surface area contributed by atoms with Gasteiger partial charge in [-0.05, 0) is 11.7 Å². The number of urea groups is 1. The van der Waals surface area contributed by atoms with E-state index in [1.807, 2.05) is 11.8 Å². The van der Waals surface area contributed by atoms with Crippen molar-refractivity contribution in [3.8, 4) is 0 Å². The maximum Gasteiger partial charge on any atom is 0.317 e. The molecular weight excluding hydrogens is 203 g/mol. The molecule has 0 aliphatic carbocycles. The lowest BCUT2D eigenvalue weighted by Crippen LogP contribution is -2.57. The van der Waals surface area contributed by atoms with E-state index in [2.05, 4.69) is 12.2 Å². The highest BCUT2D eigenvalue weighted by Crippen LogP contribution is 2.24. The summed E-state index contributed by atoms with van der Waals surface area (Å²) in [5.74, 6) is 2.63. The number of hydrogen-bond donors (Lipinski definition) is 1. The number of hydrogen-bond acceptors (Lipinski definition) is 2. The van der Waals surface area contributed by atoms with Crippen molar-refractivity contribution in [2.45, 2.75) is 19.1 Å². The van der Waals surface area contributed by atoms with Crippen LogP contribution in [0.15, 0.2) is 0 Å². The Bertz CT molecular complexity index is 233. The number of nitrogens with one attached hydrogen (secondary N) is 1. The molecule has 5 heteroatoms. The van der Waals surface area contributed by atoms with Crippen LogP contribution in [-0.2, 0) is 0 Å². The average Bonchev–Trinajstić information content (AvgIpc) is 2.46. The van der Waals surface area contributed by atoms with Crippen LogP contribution in [0, 0.1) is 5.92 Å². The maximum absolute atomic E-state index is 12.5. The van der Waals surface area contributed by atoms with Crippen LogP contribution in [0.1, 0.15) is 6.92 Å². The lowest BCUT2D eigenvalue weighted by Gasteiger charge is -2.35. The van der Waals surface area contributed by atoms with Gasteiger partial charge in [-0.25, -0.2) is 9.18 Å². The van der Waals surface area contributed by atoms with Crippen LogP contribution < -0.4 is 5.32 Å². The summed E-state index contributed by atoms with van der Waals surface area (Å²) in [5.41, 5.74) is 0. The molecule has 2 aliphatic heterocycles. The maximum atomic E-state index is 12.5. The van der Waals surface area contributed by atoms with Crippen LogP contribution in [0.5, 0.6) is 0 Å². The molecule has 2 aliphatic rings. The third-order valence-electron chi connectivity index (χ3n) is 2.80. The molecule has 0 spiro atoms. The van der Waals surface area contributed by atoms with Gasteiger partial charge in [0.15, 0.2) is 0 Å². The summed E-state index contributed by atoms with van der Waals surface area (Å²) in [6.07, 6.45) is -0.809. The molecule has 3 nitrogen and oxygen atoms in total. The standard InChI is InChI=1S/C9H15FN2OS/c1-6-4-14-5-8(6)11-9(13)12-2-7(10)3-12/h6-8H,2-5H2,1H3,(H,11,13). The van der Waals surface area contributed by atoms with Crippen molar-refractivity contribution in [2.75, 3.05) is 24.6 Å². The van der Waals surface area contributed by atoms with Gasteiger partial charge in [-0.1, -0.05) is 6.92 Å². The first-order valence-electron chi connectivity index (χ1n) is 4.94. The zero-order valence-corrected chi connectivity index (χ0v) is 9.02. The highest BCUT2D eigenvalue weighted by atomic mass is 32.2. The van der Waals surface area contributed by atoms with E-state index >= 15 is 0 Å². The van der Waals surface area contributed by atoms with E-state index in [9.17, 15) is 9.18 Å². The molecule has 0 aromatic carbocycles. The summed E-state index contributed by atoms with van der Waals surface area (Å²) in [6, 6.07) is 0.171. The largest absolute Gasteiger partial charge is 0.334 e. The first kappa shape index (κ1) is 10.1. The fraction of sp³-hybridized carbons (Fsp3) is 0.889. The van der Waals surface area contributed by atoms with Crippen LogP contribution in [0.3, 0.4) is 0 Å². The van der Waals surface area contributed by atoms with E-state index < -0.39 is 6.17 Å². The first-order chi connectivity index (χ1) is 6.66. The Morgan fingerprint density at radius 1 is 1.50 bits per heavy atom. The number of alkyl halides is 1. The fourth-order valence-corrected chi connectivity index (χ4v) is 3.09. The van der Waals surface area contributed by atoms with Gasteiger partial charge in [0.2, 0.25) is 0 Å². The molecule has 0 aromatic heterocycles. The van der Waals surface area contributed by atoms with Gasteiger partial charge >= 0.3 is 6.03 Å². The molecule has 14 heavy (non-hydrogen) atoms. The van der Waals surface area contributed by atoms with Crippen molar-refractivity contribution in [1.29, 1.82) is 0 Å². The van der Waals surface area contributed by atoms with Crippen LogP contribution >= 0.6 is 11.8 Å². The molecule has 0 bridgehead atoms. The second-order valence-electron chi connectivity index (χ2n) is 4.07. The molecule has 2 amide bonds. The van der Waals surface area contributed by atoms with Gasteiger partial charge in [-0.2, -0.15) is 11.8 Å². The summed E-state index contributed by atoms with van der Waals surface area (Å²) < 4.78 is 12.5. The van der Waals surface area contributed by atoms with Gasteiger partial charge in [0.1, 0.15) is 6.17 Å². The Labute approximate surface area is 87.4 Å². The second kappa shape index (κ2) is 3.96. The smallest absolute Gasteiger partial charge is 0.317 e. The molecule has 0 saturated carbocycles. The molecule has 1 N–H and O–H groups in total. The zero-order chi connectivity index (χ0) is 10.1. The molecule has 2 saturated heterocycles. The van der Waals surface area contributed by atoms with Crippen molar-refractivity contribution in [1.82, 2.24) is 10.2 Å². The number of carbonyl (C=O) groups excluding carboxylic acids is 1. The molecule has 80 valence electrons. The monoisotopic (exact) mass is 218 g/mol. The molecule has 0 radical (unpaired) electrons. The van der Waals surface area contributed by atoms with Gasteiger partial charge in [-0.15, -0.1) is 0 Å². The molecule has 2 heterocycles. The summed E-state index contributed by atoms with van der Waals surface area (Å²) in [5, 5.41) is 2.95. The third-order valence-corrected chi connectivity index (χ3v) is 4.15. The van der Waals surface area contributed by atoms with Crippen LogP contribution in [0.25, 0.3) is 0 Å². The normalized spacial score (nSPS) is 32.9. The Morgan fingerprint density at radius 2 is 2.21 bits per heavy atom. The number of nitrogens with zero attached hydrogens (tertiary/aromatic N) is 1. The van der Waals surface area contributed by atoms with E-state index in [1.165, 1.54) is 4.90 Å². The average molecular weight is 218 g/mol. The van der Waals surface area contributed by atoms with Gasteiger partial charge in [0.25, 0.3) is 0 Å². The number of amides is 2. The highest BCUT2D eigenvalue weighted by Gasteiger charge is 2.33. The summed E-state index contributed by atoms with van der Waals surface area (Å²) in [7, 11) is 0. The number of rotatable bonds is 1. The summed E-state index contributed by atoms with van der Waals surface area (Å²) >= 11 is 1.86. The van der Waals surface area contributed by atoms with Gasteiger partial charge in [-0.3, -0.25) is 0 Å². The zero-order valence-electron chi connectivity index (χ0n) is 8.20. The van der Waals surface area contributed by atoms with Crippen molar-refractivity contribution >= 4 is 17.8 Å². The Hall–Kier alpha value is -0.450. The molecule has 2 atom stereocenters. The minimum Gasteiger partial charge on any atom is -0.334 e. The van der Waals surface area contributed by atoms with Crippen LogP contribution in [0.4, 0.5) is 9.18 Å². The fourth-order valence-electron chi connectivity index (χ4n) is 1.69. The van der Waals surface area contributed by atoms with E-state index in [0.717, 1.165) is 11.5 Å². The van der Waals surface area contributed by atoms with Crippen molar-refractivity contribution in [3.63, 3.8) is 0 Å². The van der Waals surface area contributed by atoms with Gasteiger partial charge in [0, 0.05) is 11.8 Å². The van der Waals surface area contributed by atoms with Crippen molar-refractivity contribution in [3.05, 3.63) is 0 Å². The second-order valence-corrected chi connectivity index (χ2v) is 5.15. The lowest BCUT2D eigenvalue weighted by atomic mass is 10.1. The summed E-state index contributed by atoms with van der Waals surface area (Å²) in [4.78, 5) is 13.0. The minimum atomic E-state index is -0.809. The number of carbonyl (C=O) groups is 1. The van der Waals surface area contributed by atoms with E-state index in [0.29, 0.717) is 5.92 Å². The van der Waals surface area contributed by atoms with Crippen molar-refractivity contribution < 1.29 is 9.18 Å². The third kappa shape index (κ3) is 1.97. The van der Waals surface area contributed by atoms with E-state index in [4.69, 9.17) is 0 Å². The van der Waals surface area contributed by atoms with Gasteiger partial charge < -0.3 is 10.2 Å². The summed E-state index contributed by atoms with van der Waals surface area (Å²) in [6.45, 7) is 2.67.